The van der Waals surface area contributed by atoms with Gasteiger partial charge in [-0.3, -0.25) is 0 Å². The molecule has 0 radical (unpaired) electrons. The highest BCUT2D eigenvalue weighted by molar-refractivity contribution is 5.42. The Kier molecular flexibility index (Phi) is 2.09. The number of hydrogen-bond donors (Lipinski definition) is 2. The van der Waals surface area contributed by atoms with Crippen LogP contribution < -0.4 is 5.73 Å². The Morgan fingerprint density at radius 3 is 2.82 bits per heavy atom. The molecule has 0 heterocycles. The zero-order valence-corrected chi connectivity index (χ0v) is 5.86. The van der Waals surface area contributed by atoms with Crippen molar-refractivity contribution in [3.63, 3.8) is 0 Å². The summed E-state index contributed by atoms with van der Waals surface area (Å²) in [5, 5.41) is 17.4. The van der Waals surface area contributed by atoms with Crippen molar-refractivity contribution in [3.8, 4) is 6.07 Å². The SMILES string of the molecule is N#CC(O)c1cccc(N)c1. The fourth-order valence-electron chi connectivity index (χ4n) is 0.804. The van der Waals surface area contributed by atoms with Gasteiger partial charge in [-0.15, -0.1) is 0 Å². The van der Waals surface area contributed by atoms with Gasteiger partial charge in [0.1, 0.15) is 0 Å². The van der Waals surface area contributed by atoms with E-state index in [4.69, 9.17) is 16.1 Å². The monoisotopic (exact) mass is 148 g/mol. The van der Waals surface area contributed by atoms with Crippen LogP contribution in [-0.2, 0) is 0 Å². The Labute approximate surface area is 64.7 Å². The van der Waals surface area contributed by atoms with Gasteiger partial charge in [-0.2, -0.15) is 5.26 Å². The number of aliphatic hydroxyl groups is 1. The maximum Gasteiger partial charge on any atom is 0.165 e. The summed E-state index contributed by atoms with van der Waals surface area (Å²) < 4.78 is 0. The summed E-state index contributed by atoms with van der Waals surface area (Å²) in [5.74, 6) is 0. The molecular weight excluding hydrogens is 140 g/mol. The molecule has 1 aromatic carbocycles. The van der Waals surface area contributed by atoms with Crippen LogP contribution in [0.4, 0.5) is 5.69 Å². The van der Waals surface area contributed by atoms with E-state index in [1.807, 2.05) is 0 Å². The van der Waals surface area contributed by atoms with Crippen LogP contribution in [0.5, 0.6) is 0 Å². The van der Waals surface area contributed by atoms with Gasteiger partial charge in [0.2, 0.25) is 0 Å². The summed E-state index contributed by atoms with van der Waals surface area (Å²) in [6, 6.07) is 8.34. The molecule has 1 unspecified atom stereocenters. The molecule has 0 saturated carbocycles. The molecule has 0 aromatic heterocycles. The Balaban J connectivity index is 2.98. The van der Waals surface area contributed by atoms with Crippen LogP contribution in [0.2, 0.25) is 0 Å². The molecule has 3 N–H and O–H groups in total. The normalized spacial score (nSPS) is 12.0. The van der Waals surface area contributed by atoms with E-state index in [2.05, 4.69) is 0 Å². The van der Waals surface area contributed by atoms with Gasteiger partial charge in [0.15, 0.2) is 6.10 Å². The third-order valence-electron chi connectivity index (χ3n) is 1.35. The highest BCUT2D eigenvalue weighted by atomic mass is 16.3. The van der Waals surface area contributed by atoms with Crippen molar-refractivity contribution in [2.24, 2.45) is 0 Å². The van der Waals surface area contributed by atoms with Crippen molar-refractivity contribution in [2.45, 2.75) is 6.10 Å². The molecule has 3 nitrogen and oxygen atoms in total. The summed E-state index contributed by atoms with van der Waals surface area (Å²) in [6.07, 6.45) is -1.07. The van der Waals surface area contributed by atoms with Crippen molar-refractivity contribution in [2.75, 3.05) is 5.73 Å². The van der Waals surface area contributed by atoms with Crippen molar-refractivity contribution >= 4 is 5.69 Å². The fourth-order valence-corrected chi connectivity index (χ4v) is 0.804. The number of nitriles is 1. The van der Waals surface area contributed by atoms with Crippen molar-refractivity contribution in [3.05, 3.63) is 29.8 Å². The van der Waals surface area contributed by atoms with E-state index in [1.54, 1.807) is 30.3 Å². The lowest BCUT2D eigenvalue weighted by atomic mass is 10.1. The predicted octanol–water partition coefficient (Wildman–Crippen LogP) is 0.826. The van der Waals surface area contributed by atoms with Gasteiger partial charge in [-0.25, -0.2) is 0 Å². The molecule has 1 rings (SSSR count). The number of nitrogens with two attached hydrogens (primary N) is 1. The van der Waals surface area contributed by atoms with Gasteiger partial charge >= 0.3 is 0 Å². The van der Waals surface area contributed by atoms with Crippen LogP contribution in [0, 0.1) is 11.3 Å². The molecule has 56 valence electrons. The van der Waals surface area contributed by atoms with Gasteiger partial charge in [-0.05, 0) is 17.7 Å². The van der Waals surface area contributed by atoms with Gasteiger partial charge in [-0.1, -0.05) is 12.1 Å². The summed E-state index contributed by atoms with van der Waals surface area (Å²) in [4.78, 5) is 0. The van der Waals surface area contributed by atoms with E-state index < -0.39 is 6.10 Å². The first-order valence-electron chi connectivity index (χ1n) is 3.17. The Hall–Kier alpha value is -1.53. The summed E-state index contributed by atoms with van der Waals surface area (Å²) in [7, 11) is 0. The molecule has 11 heavy (non-hydrogen) atoms. The van der Waals surface area contributed by atoms with Gasteiger partial charge in [0.25, 0.3) is 0 Å². The number of aliphatic hydroxyl groups excluding tert-OH is 1. The second kappa shape index (κ2) is 3.04. The lowest BCUT2D eigenvalue weighted by molar-refractivity contribution is 0.236. The van der Waals surface area contributed by atoms with Crippen molar-refractivity contribution < 1.29 is 5.11 Å². The second-order valence-corrected chi connectivity index (χ2v) is 2.20. The third-order valence-corrected chi connectivity index (χ3v) is 1.35. The van der Waals surface area contributed by atoms with Crippen LogP contribution in [-0.4, -0.2) is 5.11 Å². The molecule has 1 atom stereocenters. The van der Waals surface area contributed by atoms with E-state index in [0.29, 0.717) is 11.3 Å². The minimum absolute atomic E-state index is 0.535. The molecule has 0 fully saturated rings. The number of nitrogen functional groups attached to an aromatic ring is 1. The Morgan fingerprint density at radius 1 is 1.55 bits per heavy atom. The topological polar surface area (TPSA) is 70.0 Å². The van der Waals surface area contributed by atoms with Crippen LogP contribution in [0.3, 0.4) is 0 Å². The van der Waals surface area contributed by atoms with E-state index >= 15 is 0 Å². The average Bonchev–Trinajstić information content (AvgIpc) is 2.03. The Morgan fingerprint density at radius 2 is 2.27 bits per heavy atom. The number of anilines is 1. The minimum Gasteiger partial charge on any atom is -0.399 e. The smallest absolute Gasteiger partial charge is 0.165 e. The fraction of sp³-hybridized carbons (Fsp3) is 0.125. The predicted molar refractivity (Wildman–Crippen MR) is 41.4 cm³/mol. The first-order chi connectivity index (χ1) is 5.24. The number of nitrogens with zero attached hydrogens (tertiary/aromatic N) is 1. The zero-order chi connectivity index (χ0) is 8.27. The molecule has 0 saturated heterocycles. The zero-order valence-electron chi connectivity index (χ0n) is 5.86. The summed E-state index contributed by atoms with van der Waals surface area (Å²) >= 11 is 0. The highest BCUT2D eigenvalue weighted by Gasteiger charge is 2.03. The van der Waals surface area contributed by atoms with Crippen LogP contribution in [0.25, 0.3) is 0 Å². The van der Waals surface area contributed by atoms with Crippen LogP contribution in [0.1, 0.15) is 11.7 Å². The summed E-state index contributed by atoms with van der Waals surface area (Å²) in [6.45, 7) is 0. The van der Waals surface area contributed by atoms with Crippen LogP contribution >= 0.6 is 0 Å². The molecule has 0 aliphatic heterocycles. The molecule has 0 amide bonds. The quantitative estimate of drug-likeness (QED) is 0.457. The number of benzene rings is 1. The average molecular weight is 148 g/mol. The van der Waals surface area contributed by atoms with Crippen LogP contribution in [0.15, 0.2) is 24.3 Å². The number of rotatable bonds is 1. The second-order valence-electron chi connectivity index (χ2n) is 2.20. The number of hydrogen-bond acceptors (Lipinski definition) is 3. The highest BCUT2D eigenvalue weighted by Crippen LogP contribution is 2.14. The largest absolute Gasteiger partial charge is 0.399 e. The van der Waals surface area contributed by atoms with E-state index in [0.717, 1.165) is 0 Å². The van der Waals surface area contributed by atoms with E-state index in [1.165, 1.54) is 0 Å². The first-order valence-corrected chi connectivity index (χ1v) is 3.17. The maximum atomic E-state index is 9.04. The van der Waals surface area contributed by atoms with Crippen molar-refractivity contribution in [1.82, 2.24) is 0 Å². The molecule has 3 heteroatoms. The van der Waals surface area contributed by atoms with E-state index in [-0.39, 0.29) is 0 Å². The summed E-state index contributed by atoms with van der Waals surface area (Å²) in [5.41, 5.74) is 6.52. The van der Waals surface area contributed by atoms with Gasteiger partial charge < -0.3 is 10.8 Å². The molecule has 1 aromatic rings. The minimum atomic E-state index is -1.07. The van der Waals surface area contributed by atoms with Gasteiger partial charge in [0, 0.05) is 5.69 Å². The molecule has 0 aliphatic rings. The first kappa shape index (κ1) is 7.58. The maximum absolute atomic E-state index is 9.04. The van der Waals surface area contributed by atoms with Crippen molar-refractivity contribution in [1.29, 1.82) is 5.26 Å². The van der Waals surface area contributed by atoms with E-state index in [9.17, 15) is 0 Å². The third kappa shape index (κ3) is 1.69. The molecule has 0 bridgehead atoms. The van der Waals surface area contributed by atoms with Gasteiger partial charge in [0.05, 0.1) is 6.07 Å². The Bertz CT molecular complexity index is 290. The molecular formula is C8H8N2O. The molecule has 0 spiro atoms. The molecule has 0 aliphatic carbocycles. The standard InChI is InChI=1S/C8H8N2O/c9-5-8(11)6-2-1-3-7(10)4-6/h1-4,8,11H,10H2. The lowest BCUT2D eigenvalue weighted by Gasteiger charge is -2.01. The lowest BCUT2D eigenvalue weighted by Crippen LogP contribution is -1.94.